The molecule has 2 heterocycles. The number of nitrogens with one attached hydrogen (secondary N) is 4. The van der Waals surface area contributed by atoms with Gasteiger partial charge in [0.15, 0.2) is 0 Å². The Morgan fingerprint density at radius 1 is 0.421 bits per heavy atom. The molecule has 0 amide bonds. The summed E-state index contributed by atoms with van der Waals surface area (Å²) in [5.74, 6) is -1.59. The molecule has 0 aliphatic rings. The molecule has 95 heavy (non-hydrogen) atoms. The Labute approximate surface area is 667 Å². The zero-order chi connectivity index (χ0) is 65.3. The number of rotatable bonds is 22. The minimum atomic E-state index is -5.57. The third-order valence-electron chi connectivity index (χ3n) is 11.2. The van der Waals surface area contributed by atoms with Crippen molar-refractivity contribution in [1.29, 1.82) is 0 Å². The van der Waals surface area contributed by atoms with E-state index in [1.807, 2.05) is 0 Å². The minimum Gasteiger partial charge on any atom is -0.846 e. The molecule has 8 rings (SSSR count). The van der Waals surface area contributed by atoms with E-state index in [0.717, 1.165) is 24.3 Å². The first-order chi connectivity index (χ1) is 41.3. The third kappa shape index (κ3) is 23.6. The van der Waals surface area contributed by atoms with E-state index < -0.39 is 170 Å². The van der Waals surface area contributed by atoms with E-state index in [-0.39, 0.29) is 244 Å². The van der Waals surface area contributed by atoms with Crippen molar-refractivity contribution in [2.45, 2.75) is 35.8 Å². The number of halogens is 2. The van der Waals surface area contributed by atoms with Gasteiger partial charge in [-0.05, 0) is 102 Å². The molecule has 468 valence electrons. The maximum absolute atomic E-state index is 14.7. The van der Waals surface area contributed by atoms with E-state index in [1.54, 1.807) is 0 Å². The van der Waals surface area contributed by atoms with Gasteiger partial charge in [0.25, 0.3) is 20.2 Å². The number of amidine groups is 2. The molecular formula is C43H30F2N18Na6O20S6. The van der Waals surface area contributed by atoms with Crippen molar-refractivity contribution < 1.29 is 274 Å². The molecule has 0 spiro atoms. The fraction of sp³-hybridized carbons (Fsp3) is 0.0698. The summed E-state index contributed by atoms with van der Waals surface area (Å²) in [4.78, 5) is 22.2. The molecule has 0 unspecified atom stereocenters. The molecule has 2 aromatic heterocycles. The van der Waals surface area contributed by atoms with Crippen LogP contribution in [0.4, 0.5) is 78.1 Å². The van der Waals surface area contributed by atoms with Crippen LogP contribution in [0.25, 0.3) is 21.5 Å². The van der Waals surface area contributed by atoms with Crippen LogP contribution >= 0.6 is 0 Å². The van der Waals surface area contributed by atoms with Gasteiger partial charge < -0.3 is 61.2 Å². The first-order valence-corrected chi connectivity index (χ1v) is 31.8. The van der Waals surface area contributed by atoms with Gasteiger partial charge >= 0.3 is 190 Å². The second-order valence-corrected chi connectivity index (χ2v) is 25.6. The van der Waals surface area contributed by atoms with Crippen LogP contribution in [-0.4, -0.2) is 133 Å². The van der Waals surface area contributed by atoms with Gasteiger partial charge in [-0.3, -0.25) is 9.11 Å². The van der Waals surface area contributed by atoms with Gasteiger partial charge in [0.05, 0.1) is 43.0 Å². The Bertz CT molecular complexity index is 4820. The molecule has 0 fully saturated rings. The molecular weight excluding hydrogens is 1460 g/mol. The zero-order valence-electron chi connectivity index (χ0n) is 49.2. The van der Waals surface area contributed by atoms with Crippen molar-refractivity contribution in [2.75, 3.05) is 34.4 Å². The summed E-state index contributed by atoms with van der Waals surface area (Å²) in [6.07, 6.45) is -2.49. The molecule has 6 aromatic carbocycles. The summed E-state index contributed by atoms with van der Waals surface area (Å²) in [5.41, 5.74) is 7.18. The van der Waals surface area contributed by atoms with E-state index in [2.05, 4.69) is 81.6 Å². The van der Waals surface area contributed by atoms with Gasteiger partial charge in [-0.25, -0.2) is 43.7 Å². The molecule has 0 bridgehead atoms. The average molecular weight is 1490 g/mol. The molecule has 10 N–H and O–H groups in total. The Kier molecular flexibility index (Phi) is 32.1. The van der Waals surface area contributed by atoms with Crippen LogP contribution in [0.5, 0.6) is 0 Å². The molecule has 0 saturated carbocycles. The number of nitrogens with zero attached hydrogens (tertiary/aromatic N) is 12. The quantitative estimate of drug-likeness (QED) is 0.00780. The smallest absolute Gasteiger partial charge is 0.846 e. The van der Waals surface area contributed by atoms with Crippen molar-refractivity contribution in [2.24, 2.45) is 41.9 Å². The second kappa shape index (κ2) is 34.9. The molecule has 8 aromatic rings. The van der Waals surface area contributed by atoms with Crippen LogP contribution in [0.3, 0.4) is 0 Å². The first kappa shape index (κ1) is 87.2. The number of nitrogens with two attached hydrogens (primary N) is 2. The van der Waals surface area contributed by atoms with Gasteiger partial charge in [0.1, 0.15) is 73.0 Å². The number of hydrogen-bond acceptors (Lipinski definition) is 34. The van der Waals surface area contributed by atoms with E-state index in [9.17, 15) is 96.8 Å². The van der Waals surface area contributed by atoms with E-state index in [4.69, 9.17) is 11.5 Å². The van der Waals surface area contributed by atoms with Crippen LogP contribution in [0.15, 0.2) is 145 Å². The van der Waals surface area contributed by atoms with Gasteiger partial charge in [0, 0.05) is 35.2 Å². The zero-order valence-corrected chi connectivity index (χ0v) is 66.1. The molecule has 52 heteroatoms. The van der Waals surface area contributed by atoms with Crippen LogP contribution in [0, 0.1) is 12.2 Å². The van der Waals surface area contributed by atoms with Crippen LogP contribution in [-0.2, 0) is 60.7 Å². The Balaban J connectivity index is 0.00000512. The molecule has 38 nitrogen and oxygen atoms in total. The number of benzene rings is 6. The summed E-state index contributed by atoms with van der Waals surface area (Å²) in [5, 5.41) is 47.0. The molecule has 0 aliphatic heterocycles. The van der Waals surface area contributed by atoms with Crippen molar-refractivity contribution in [3.63, 3.8) is 0 Å². The predicted octanol–water partition coefficient (Wildman–Crippen LogP) is -16.4. The number of fused-ring (bicyclic) bond motifs is 2. The number of hydrogen-bond donors (Lipinski definition) is 8. The Morgan fingerprint density at radius 2 is 0.747 bits per heavy atom. The fourth-order valence-corrected chi connectivity index (χ4v) is 11.6. The van der Waals surface area contributed by atoms with Crippen molar-refractivity contribution in [3.05, 3.63) is 97.1 Å². The maximum atomic E-state index is 14.7. The van der Waals surface area contributed by atoms with Crippen LogP contribution < -0.4 is 220 Å². The average Bonchev–Trinajstić information content (AvgIpc) is 0.767. The summed E-state index contributed by atoms with van der Waals surface area (Å²) < 4.78 is 242. The number of aliphatic imine (C=N–C) groups is 2. The van der Waals surface area contributed by atoms with Gasteiger partial charge in [-0.15, -0.1) is 20.5 Å². The summed E-state index contributed by atoms with van der Waals surface area (Å²) >= 11 is 0. The topological polar surface area (TPSA) is 635 Å². The number of azo groups is 2. The standard InChI is InChI=1S/C43H36F2N18O20S6.6Na/c44-36-54-40(58-42(56-36)50-20-2-4-26(28(12-20)52-38(46)64)60-62-30-16-24-18(10-34(30)88(78,79)80)8-22(84(66,67)68)14-32(24)86(72,73)74)48-6-1-7-49-41-55-37(45)57-43(59-41)51-21-3-5-27(29(13-21)53-39(47)65)61-63-31-17-25-19(11-35(31)89(81,82)83)9-23(85(69,70)71)15-33(25)87(75,76)77;;;;;;/h2-5,8-17H,1,6-7H2,(H3,46,52,64)(H3,47,53,65)(H,66,67,68)(H,69,70,71)(H,72,73,74)(H,75,76,77)(H,78,79,80)(H,81,82,83)(H2,48,50,54,56,58)(H2,49,51,55,57,59);;;;;;/q;6*+1/p-6. The molecule has 0 radical (unpaired) electrons. The van der Waals surface area contributed by atoms with E-state index in [0.29, 0.717) is 36.4 Å². The van der Waals surface area contributed by atoms with E-state index >= 15 is 0 Å². The maximum Gasteiger partial charge on any atom is 1.00 e. The summed E-state index contributed by atoms with van der Waals surface area (Å²) in [6, 6.07) is 7.90. The summed E-state index contributed by atoms with van der Waals surface area (Å²) in [6.45, 7) is -0.0353. The predicted molar refractivity (Wildman–Crippen MR) is 291 cm³/mol. The Hall–Kier alpha value is -3.88. The molecule has 0 saturated heterocycles. The van der Waals surface area contributed by atoms with Crippen molar-refractivity contribution in [3.8, 4) is 0 Å². The van der Waals surface area contributed by atoms with Gasteiger partial charge in [-0.2, -0.15) is 55.5 Å². The monoisotopic (exact) mass is 1490 g/mol. The minimum absolute atomic E-state index is 0. The van der Waals surface area contributed by atoms with Gasteiger partial charge in [0.2, 0.25) is 23.8 Å². The normalized spacial score (nSPS) is 12.3. The second-order valence-electron chi connectivity index (χ2n) is 17.4. The number of anilines is 6. The van der Waals surface area contributed by atoms with Crippen molar-refractivity contribution >= 4 is 164 Å². The molecule has 0 atom stereocenters. The fourth-order valence-electron chi connectivity index (χ4n) is 7.63. The number of aromatic nitrogens is 6. The molecule has 0 aliphatic carbocycles. The van der Waals surface area contributed by atoms with E-state index in [1.165, 1.54) is 12.1 Å². The van der Waals surface area contributed by atoms with Crippen LogP contribution in [0.2, 0.25) is 0 Å². The van der Waals surface area contributed by atoms with Crippen molar-refractivity contribution in [1.82, 2.24) is 29.9 Å². The summed E-state index contributed by atoms with van der Waals surface area (Å²) in [7, 11) is -32.6. The van der Waals surface area contributed by atoms with Crippen LogP contribution in [0.1, 0.15) is 6.42 Å². The third-order valence-corrected chi connectivity index (χ3v) is 16.3. The first-order valence-electron chi connectivity index (χ1n) is 23.3. The SMILES string of the molecule is NC([O-])=Nc1cc(Nc2nc(F)nc(NCCCNc3nc(F)nc(Nc4ccc(N=Nc5cc6c(S(=O)(=O)[O-])cc(S(=O)(=O)[O-])cc6cc5S(=O)(=O)O)c(N=C(N)[O-])c4)n3)n2)ccc1N=Nc1cc2c(S(=O)(=O)[O-])cc(S(=O)(=O)[O-])cc2cc1S(=O)(=O)O.[Na+].[Na+].[Na+].[Na+].[Na+].[Na+]. The largest absolute Gasteiger partial charge is 1.00 e. The van der Waals surface area contributed by atoms with Gasteiger partial charge in [-0.1, -0.05) is 0 Å². The Morgan fingerprint density at radius 3 is 1.05 bits per heavy atom.